The van der Waals surface area contributed by atoms with Crippen LogP contribution in [0.15, 0.2) is 30.3 Å². The highest BCUT2D eigenvalue weighted by Gasteiger charge is 2.26. The van der Waals surface area contributed by atoms with Crippen molar-refractivity contribution in [3.8, 4) is 5.75 Å². The number of para-hydroxylation sites is 1. The maximum atomic E-state index is 11.7. The van der Waals surface area contributed by atoms with Crippen LogP contribution in [0.3, 0.4) is 0 Å². The molecule has 2 atom stereocenters. The standard InChI is InChI=1S/C15H21NO3/c17-10-13-6-4-5-12(13)9-16-15(18)11-19-14-7-2-1-3-8-14/h1-3,7-8,12-13,17H,4-6,9-11H2,(H,16,18). The summed E-state index contributed by atoms with van der Waals surface area (Å²) in [6.07, 6.45) is 3.30. The first-order valence-corrected chi connectivity index (χ1v) is 6.85. The van der Waals surface area contributed by atoms with Gasteiger partial charge in [-0.15, -0.1) is 0 Å². The van der Waals surface area contributed by atoms with E-state index in [2.05, 4.69) is 5.32 Å². The summed E-state index contributed by atoms with van der Waals surface area (Å²) in [6.45, 7) is 0.907. The molecule has 1 aromatic rings. The van der Waals surface area contributed by atoms with Gasteiger partial charge in [-0.2, -0.15) is 0 Å². The molecule has 4 heteroatoms. The number of carbonyl (C=O) groups excluding carboxylic acids is 1. The fraction of sp³-hybridized carbons (Fsp3) is 0.533. The molecular formula is C15H21NO3. The van der Waals surface area contributed by atoms with Crippen molar-refractivity contribution in [2.75, 3.05) is 19.8 Å². The average molecular weight is 263 g/mol. The first kappa shape index (κ1) is 13.9. The number of benzene rings is 1. The van der Waals surface area contributed by atoms with E-state index >= 15 is 0 Å². The van der Waals surface area contributed by atoms with Crippen LogP contribution >= 0.6 is 0 Å². The van der Waals surface area contributed by atoms with Crippen molar-refractivity contribution >= 4 is 5.91 Å². The van der Waals surface area contributed by atoms with Crippen molar-refractivity contribution in [3.63, 3.8) is 0 Å². The SMILES string of the molecule is O=C(COc1ccccc1)NCC1CCCC1CO. The smallest absolute Gasteiger partial charge is 0.257 e. The number of nitrogens with one attached hydrogen (secondary N) is 1. The predicted octanol–water partition coefficient (Wildman–Crippen LogP) is 1.59. The van der Waals surface area contributed by atoms with Gasteiger partial charge in [0.2, 0.25) is 0 Å². The van der Waals surface area contributed by atoms with Crippen LogP contribution in [0, 0.1) is 11.8 Å². The Balaban J connectivity index is 1.67. The number of amides is 1. The third kappa shape index (κ3) is 4.24. The molecule has 1 fully saturated rings. The number of rotatable bonds is 6. The van der Waals surface area contributed by atoms with Crippen LogP contribution in [0.1, 0.15) is 19.3 Å². The molecule has 2 rings (SSSR count). The highest BCUT2D eigenvalue weighted by Crippen LogP contribution is 2.30. The van der Waals surface area contributed by atoms with Crippen LogP contribution in [0.2, 0.25) is 0 Å². The summed E-state index contributed by atoms with van der Waals surface area (Å²) in [5, 5.41) is 12.1. The monoisotopic (exact) mass is 263 g/mol. The molecule has 2 N–H and O–H groups in total. The molecule has 0 aromatic heterocycles. The molecule has 1 amide bonds. The van der Waals surface area contributed by atoms with E-state index in [0.29, 0.717) is 24.1 Å². The number of carbonyl (C=O) groups is 1. The topological polar surface area (TPSA) is 58.6 Å². The molecular weight excluding hydrogens is 242 g/mol. The van der Waals surface area contributed by atoms with Crippen LogP contribution < -0.4 is 10.1 Å². The van der Waals surface area contributed by atoms with Gasteiger partial charge in [0.1, 0.15) is 5.75 Å². The van der Waals surface area contributed by atoms with Crippen LogP contribution in [0.5, 0.6) is 5.75 Å². The molecule has 1 aliphatic carbocycles. The Morgan fingerprint density at radius 2 is 2.00 bits per heavy atom. The van der Waals surface area contributed by atoms with Gasteiger partial charge >= 0.3 is 0 Å². The lowest BCUT2D eigenvalue weighted by Gasteiger charge is -2.17. The van der Waals surface area contributed by atoms with E-state index in [1.807, 2.05) is 30.3 Å². The molecule has 0 aliphatic heterocycles. The number of hydrogen-bond donors (Lipinski definition) is 2. The molecule has 1 aromatic carbocycles. The Morgan fingerprint density at radius 1 is 1.26 bits per heavy atom. The molecule has 0 spiro atoms. The maximum absolute atomic E-state index is 11.7. The van der Waals surface area contributed by atoms with Crippen molar-refractivity contribution in [1.82, 2.24) is 5.32 Å². The highest BCUT2D eigenvalue weighted by atomic mass is 16.5. The Kier molecular flexibility index (Phi) is 5.21. The van der Waals surface area contributed by atoms with E-state index in [9.17, 15) is 9.90 Å². The van der Waals surface area contributed by atoms with Gasteiger partial charge in [-0.1, -0.05) is 24.6 Å². The molecule has 1 aliphatic rings. The lowest BCUT2D eigenvalue weighted by molar-refractivity contribution is -0.123. The van der Waals surface area contributed by atoms with Crippen molar-refractivity contribution in [3.05, 3.63) is 30.3 Å². The van der Waals surface area contributed by atoms with Gasteiger partial charge in [0.05, 0.1) is 0 Å². The number of hydrogen-bond acceptors (Lipinski definition) is 3. The minimum absolute atomic E-state index is 0.0422. The number of ether oxygens (including phenoxy) is 1. The third-order valence-electron chi connectivity index (χ3n) is 3.73. The lowest BCUT2D eigenvalue weighted by atomic mass is 9.97. The summed E-state index contributed by atoms with van der Waals surface area (Å²) < 4.78 is 5.37. The molecule has 19 heavy (non-hydrogen) atoms. The zero-order valence-corrected chi connectivity index (χ0v) is 11.0. The maximum Gasteiger partial charge on any atom is 0.257 e. The largest absolute Gasteiger partial charge is 0.484 e. The number of aliphatic hydroxyl groups is 1. The van der Waals surface area contributed by atoms with Gasteiger partial charge in [-0.25, -0.2) is 0 Å². The van der Waals surface area contributed by atoms with E-state index in [0.717, 1.165) is 19.3 Å². The predicted molar refractivity (Wildman–Crippen MR) is 72.9 cm³/mol. The molecule has 1 saturated carbocycles. The van der Waals surface area contributed by atoms with E-state index in [-0.39, 0.29) is 19.1 Å². The van der Waals surface area contributed by atoms with E-state index < -0.39 is 0 Å². The third-order valence-corrected chi connectivity index (χ3v) is 3.73. The molecule has 2 unspecified atom stereocenters. The normalized spacial score (nSPS) is 22.2. The van der Waals surface area contributed by atoms with Gasteiger partial charge < -0.3 is 15.2 Å². The first-order valence-electron chi connectivity index (χ1n) is 6.85. The van der Waals surface area contributed by atoms with Crippen LogP contribution in [0.4, 0.5) is 0 Å². The Labute approximate surface area is 113 Å². The zero-order valence-electron chi connectivity index (χ0n) is 11.0. The fourth-order valence-corrected chi connectivity index (χ4v) is 2.58. The second kappa shape index (κ2) is 7.14. The Bertz CT molecular complexity index is 394. The second-order valence-corrected chi connectivity index (χ2v) is 5.04. The molecule has 4 nitrogen and oxygen atoms in total. The Hall–Kier alpha value is -1.55. The fourth-order valence-electron chi connectivity index (χ4n) is 2.58. The summed E-state index contributed by atoms with van der Waals surface area (Å²) in [7, 11) is 0. The van der Waals surface area contributed by atoms with E-state index in [1.54, 1.807) is 0 Å². The van der Waals surface area contributed by atoms with E-state index in [4.69, 9.17) is 4.74 Å². The highest BCUT2D eigenvalue weighted by molar-refractivity contribution is 5.77. The minimum atomic E-state index is -0.104. The quantitative estimate of drug-likeness (QED) is 0.819. The summed E-state index contributed by atoms with van der Waals surface area (Å²) in [4.78, 5) is 11.7. The van der Waals surface area contributed by atoms with Crippen molar-refractivity contribution in [1.29, 1.82) is 0 Å². The zero-order chi connectivity index (χ0) is 13.5. The molecule has 0 saturated heterocycles. The van der Waals surface area contributed by atoms with Crippen molar-refractivity contribution in [2.24, 2.45) is 11.8 Å². The summed E-state index contributed by atoms with van der Waals surface area (Å²) in [5.74, 6) is 1.35. The lowest BCUT2D eigenvalue weighted by Crippen LogP contribution is -2.34. The van der Waals surface area contributed by atoms with Crippen molar-refractivity contribution in [2.45, 2.75) is 19.3 Å². The van der Waals surface area contributed by atoms with E-state index in [1.165, 1.54) is 0 Å². The summed E-state index contributed by atoms with van der Waals surface area (Å²) in [6, 6.07) is 9.30. The van der Waals surface area contributed by atoms with Crippen LogP contribution in [-0.4, -0.2) is 30.8 Å². The van der Waals surface area contributed by atoms with Gasteiger partial charge in [-0.3, -0.25) is 4.79 Å². The van der Waals surface area contributed by atoms with Crippen molar-refractivity contribution < 1.29 is 14.6 Å². The van der Waals surface area contributed by atoms with Gasteiger partial charge in [0.25, 0.3) is 5.91 Å². The molecule has 0 radical (unpaired) electrons. The van der Waals surface area contributed by atoms with Gasteiger partial charge in [0.15, 0.2) is 6.61 Å². The first-order chi connectivity index (χ1) is 9.29. The van der Waals surface area contributed by atoms with Gasteiger partial charge in [-0.05, 0) is 36.8 Å². The minimum Gasteiger partial charge on any atom is -0.484 e. The van der Waals surface area contributed by atoms with Crippen LogP contribution in [0.25, 0.3) is 0 Å². The number of aliphatic hydroxyl groups excluding tert-OH is 1. The summed E-state index contributed by atoms with van der Waals surface area (Å²) >= 11 is 0. The molecule has 0 bridgehead atoms. The Morgan fingerprint density at radius 3 is 2.74 bits per heavy atom. The summed E-state index contributed by atoms with van der Waals surface area (Å²) in [5.41, 5.74) is 0. The van der Waals surface area contributed by atoms with Gasteiger partial charge in [0, 0.05) is 13.2 Å². The molecule has 0 heterocycles. The second-order valence-electron chi connectivity index (χ2n) is 5.04. The van der Waals surface area contributed by atoms with Crippen LogP contribution in [-0.2, 0) is 4.79 Å². The molecule has 104 valence electrons. The average Bonchev–Trinajstić information content (AvgIpc) is 2.91.